The number of aryl methyl sites for hydroxylation is 1. The van der Waals surface area contributed by atoms with E-state index in [1.54, 1.807) is 0 Å². The lowest BCUT2D eigenvalue weighted by Gasteiger charge is -2.12. The molecule has 27 heavy (non-hydrogen) atoms. The number of hydrogen-bond donors (Lipinski definition) is 2. The predicted octanol–water partition coefficient (Wildman–Crippen LogP) is 3.08. The van der Waals surface area contributed by atoms with Gasteiger partial charge in [-0.15, -0.1) is 11.3 Å². The maximum Gasteiger partial charge on any atom is 0.229 e. The zero-order valence-electron chi connectivity index (χ0n) is 14.7. The van der Waals surface area contributed by atoms with Gasteiger partial charge >= 0.3 is 0 Å². The van der Waals surface area contributed by atoms with Crippen molar-refractivity contribution in [3.63, 3.8) is 0 Å². The van der Waals surface area contributed by atoms with Crippen LogP contribution in [0.25, 0.3) is 22.2 Å². The van der Waals surface area contributed by atoms with Gasteiger partial charge in [0.15, 0.2) is 5.13 Å². The number of anilines is 1. The van der Waals surface area contributed by atoms with Crippen LogP contribution >= 0.6 is 11.3 Å². The molecule has 4 rings (SSSR count). The molecule has 7 nitrogen and oxygen atoms in total. The molecule has 1 aromatic carbocycles. The zero-order valence-corrected chi connectivity index (χ0v) is 15.6. The molecular weight excluding hydrogens is 364 g/mol. The lowest BCUT2D eigenvalue weighted by Crippen LogP contribution is -2.32. The predicted molar refractivity (Wildman–Crippen MR) is 103 cm³/mol. The Hall–Kier alpha value is -3.00. The first kappa shape index (κ1) is 17.4. The van der Waals surface area contributed by atoms with Gasteiger partial charge in [-0.3, -0.25) is 19.3 Å². The molecule has 138 valence electrons. The molecule has 2 aromatic heterocycles. The summed E-state index contributed by atoms with van der Waals surface area (Å²) in [6, 6.07) is 8.01. The summed E-state index contributed by atoms with van der Waals surface area (Å²) in [5.74, 6) is -0.683. The van der Waals surface area contributed by atoms with Gasteiger partial charge in [-0.05, 0) is 13.0 Å². The fraction of sp³-hybridized carbons (Fsp3) is 0.263. The number of fused-ring (bicyclic) bond motifs is 1. The lowest BCUT2D eigenvalue weighted by molar-refractivity contribution is -0.138. The van der Waals surface area contributed by atoms with E-state index < -0.39 is 0 Å². The fourth-order valence-electron chi connectivity index (χ4n) is 3.32. The van der Waals surface area contributed by atoms with Gasteiger partial charge in [-0.2, -0.15) is 0 Å². The van der Waals surface area contributed by atoms with E-state index in [1.807, 2.05) is 36.6 Å². The molecule has 3 aromatic rings. The van der Waals surface area contributed by atoms with Crippen LogP contribution in [0, 0.1) is 6.92 Å². The van der Waals surface area contributed by atoms with Crippen molar-refractivity contribution in [2.24, 2.45) is 0 Å². The van der Waals surface area contributed by atoms with E-state index in [0.717, 1.165) is 32.8 Å². The molecule has 3 amide bonds. The second-order valence-electron chi connectivity index (χ2n) is 6.45. The van der Waals surface area contributed by atoms with Crippen molar-refractivity contribution >= 4 is 45.1 Å². The molecule has 0 atom stereocenters. The number of amides is 3. The largest absolute Gasteiger partial charge is 0.358 e. The van der Waals surface area contributed by atoms with Gasteiger partial charge in [0.05, 0.1) is 5.69 Å². The Balaban J connectivity index is 1.45. The van der Waals surface area contributed by atoms with E-state index in [1.165, 1.54) is 11.3 Å². The van der Waals surface area contributed by atoms with Crippen LogP contribution in [-0.2, 0) is 14.4 Å². The smallest absolute Gasteiger partial charge is 0.229 e. The highest BCUT2D eigenvalue weighted by Crippen LogP contribution is 2.33. The number of H-pyrrole nitrogens is 1. The second-order valence-corrected chi connectivity index (χ2v) is 7.30. The van der Waals surface area contributed by atoms with E-state index in [4.69, 9.17) is 0 Å². The van der Waals surface area contributed by atoms with E-state index >= 15 is 0 Å². The number of benzene rings is 1. The van der Waals surface area contributed by atoms with Gasteiger partial charge in [0.25, 0.3) is 0 Å². The van der Waals surface area contributed by atoms with Crippen molar-refractivity contribution in [1.29, 1.82) is 0 Å². The SMILES string of the molecule is Cc1[nH]c2ccccc2c1-c1csc(NC(=O)CCN2C(=O)CCC2=O)n1. The number of thiazole rings is 1. The summed E-state index contributed by atoms with van der Waals surface area (Å²) in [7, 11) is 0. The first-order valence-corrected chi connectivity index (χ1v) is 9.57. The average Bonchev–Trinajstić information content (AvgIpc) is 3.31. The summed E-state index contributed by atoms with van der Waals surface area (Å²) < 4.78 is 0. The summed E-state index contributed by atoms with van der Waals surface area (Å²) in [6.07, 6.45) is 0.541. The van der Waals surface area contributed by atoms with E-state index in [-0.39, 0.29) is 43.5 Å². The van der Waals surface area contributed by atoms with E-state index in [9.17, 15) is 14.4 Å². The number of aromatic nitrogens is 2. The maximum atomic E-state index is 12.2. The molecule has 2 N–H and O–H groups in total. The van der Waals surface area contributed by atoms with Crippen molar-refractivity contribution in [2.45, 2.75) is 26.2 Å². The number of carbonyl (C=O) groups excluding carboxylic acids is 3. The first-order chi connectivity index (χ1) is 13.0. The topological polar surface area (TPSA) is 95.2 Å². The standard InChI is InChI=1S/C19H18N4O3S/c1-11-18(12-4-2-3-5-13(12)20-11)14-10-27-19(21-14)22-15(24)8-9-23-16(25)6-7-17(23)26/h2-5,10,20H,6-9H2,1H3,(H,21,22,24). The minimum Gasteiger partial charge on any atom is -0.358 e. The number of likely N-dealkylation sites (tertiary alicyclic amines) is 1. The monoisotopic (exact) mass is 382 g/mol. The highest BCUT2D eigenvalue weighted by atomic mass is 32.1. The number of nitrogens with one attached hydrogen (secondary N) is 2. The molecule has 0 radical (unpaired) electrons. The number of aromatic amines is 1. The summed E-state index contributed by atoms with van der Waals surface area (Å²) in [5, 5.41) is 6.25. The fourth-order valence-corrected chi connectivity index (χ4v) is 4.04. The number of imide groups is 1. The Labute approximate surface area is 159 Å². The molecule has 0 spiro atoms. The van der Waals surface area contributed by atoms with Crippen molar-refractivity contribution in [3.05, 3.63) is 35.3 Å². The third-order valence-corrected chi connectivity index (χ3v) is 5.38. The summed E-state index contributed by atoms with van der Waals surface area (Å²) in [4.78, 5) is 44.4. The van der Waals surface area contributed by atoms with E-state index in [0.29, 0.717) is 5.13 Å². The number of hydrogen-bond acceptors (Lipinski definition) is 5. The van der Waals surface area contributed by atoms with Crippen LogP contribution in [0.4, 0.5) is 5.13 Å². The lowest BCUT2D eigenvalue weighted by atomic mass is 10.1. The molecule has 0 unspecified atom stereocenters. The van der Waals surface area contributed by atoms with Gasteiger partial charge in [-0.1, -0.05) is 18.2 Å². The molecule has 0 bridgehead atoms. The van der Waals surface area contributed by atoms with Crippen molar-refractivity contribution in [2.75, 3.05) is 11.9 Å². The van der Waals surface area contributed by atoms with Crippen molar-refractivity contribution < 1.29 is 14.4 Å². The Morgan fingerprint density at radius 3 is 2.78 bits per heavy atom. The third kappa shape index (κ3) is 3.35. The number of carbonyl (C=O) groups is 3. The third-order valence-electron chi connectivity index (χ3n) is 4.62. The van der Waals surface area contributed by atoms with Crippen LogP contribution in [-0.4, -0.2) is 39.1 Å². The second kappa shape index (κ2) is 6.96. The Bertz CT molecular complexity index is 1040. The molecule has 0 saturated carbocycles. The molecule has 1 aliphatic rings. The van der Waals surface area contributed by atoms with Crippen LogP contribution in [0.3, 0.4) is 0 Å². The minimum atomic E-state index is -0.265. The maximum absolute atomic E-state index is 12.2. The average molecular weight is 382 g/mol. The van der Waals surface area contributed by atoms with E-state index in [2.05, 4.69) is 15.3 Å². The summed E-state index contributed by atoms with van der Waals surface area (Å²) >= 11 is 1.35. The first-order valence-electron chi connectivity index (χ1n) is 8.69. The molecule has 1 saturated heterocycles. The highest BCUT2D eigenvalue weighted by Gasteiger charge is 2.28. The van der Waals surface area contributed by atoms with Gasteiger partial charge in [-0.25, -0.2) is 4.98 Å². The highest BCUT2D eigenvalue weighted by molar-refractivity contribution is 7.14. The van der Waals surface area contributed by atoms with Gasteiger partial charge in [0.2, 0.25) is 17.7 Å². The Morgan fingerprint density at radius 2 is 2.00 bits per heavy atom. The molecule has 3 heterocycles. The quantitative estimate of drug-likeness (QED) is 0.663. The zero-order chi connectivity index (χ0) is 19.0. The van der Waals surface area contributed by atoms with Gasteiger partial charge in [0, 0.05) is 53.3 Å². The molecule has 1 aliphatic heterocycles. The number of nitrogens with zero attached hydrogens (tertiary/aromatic N) is 2. The molecule has 1 fully saturated rings. The summed E-state index contributed by atoms with van der Waals surface area (Å²) in [6.45, 7) is 2.11. The van der Waals surface area contributed by atoms with Crippen LogP contribution in [0.1, 0.15) is 25.0 Å². The van der Waals surface area contributed by atoms with Crippen molar-refractivity contribution in [1.82, 2.24) is 14.9 Å². The normalized spacial score (nSPS) is 14.3. The number of para-hydroxylation sites is 1. The van der Waals surface area contributed by atoms with Gasteiger partial charge in [0.1, 0.15) is 0 Å². The summed E-state index contributed by atoms with van der Waals surface area (Å²) in [5.41, 5.74) is 3.89. The Morgan fingerprint density at radius 1 is 1.26 bits per heavy atom. The molecule has 0 aliphatic carbocycles. The Kier molecular flexibility index (Phi) is 4.49. The molecule has 8 heteroatoms. The van der Waals surface area contributed by atoms with Gasteiger partial charge < -0.3 is 10.3 Å². The number of rotatable bonds is 5. The van der Waals surface area contributed by atoms with Crippen LogP contribution < -0.4 is 5.32 Å². The minimum absolute atomic E-state index is 0.0680. The van der Waals surface area contributed by atoms with Crippen LogP contribution in [0.15, 0.2) is 29.6 Å². The van der Waals surface area contributed by atoms with Crippen LogP contribution in [0.2, 0.25) is 0 Å². The molecular formula is C19H18N4O3S. The van der Waals surface area contributed by atoms with Crippen LogP contribution in [0.5, 0.6) is 0 Å². The van der Waals surface area contributed by atoms with Crippen molar-refractivity contribution in [3.8, 4) is 11.3 Å².